The standard InChI is InChI=1S/C13H19N3O4S/c1-4-10-7-15-13(20-10)8-16-21(17,18)12-5-11(6-14-3)19-9(12)2/h5,7,14,16H,4,6,8H2,1-3H3. The van der Waals surface area contributed by atoms with Gasteiger partial charge < -0.3 is 14.2 Å². The fourth-order valence-electron chi connectivity index (χ4n) is 1.88. The van der Waals surface area contributed by atoms with Crippen LogP contribution in [0, 0.1) is 6.92 Å². The van der Waals surface area contributed by atoms with Gasteiger partial charge in [-0.3, -0.25) is 0 Å². The smallest absolute Gasteiger partial charge is 0.244 e. The predicted molar refractivity (Wildman–Crippen MR) is 76.1 cm³/mol. The average molecular weight is 313 g/mol. The highest BCUT2D eigenvalue weighted by molar-refractivity contribution is 7.89. The molecule has 0 unspecified atom stereocenters. The van der Waals surface area contributed by atoms with Gasteiger partial charge in [0.25, 0.3) is 0 Å². The molecular weight excluding hydrogens is 294 g/mol. The summed E-state index contributed by atoms with van der Waals surface area (Å²) in [6.07, 6.45) is 2.31. The van der Waals surface area contributed by atoms with E-state index in [9.17, 15) is 8.42 Å². The van der Waals surface area contributed by atoms with E-state index in [-0.39, 0.29) is 11.4 Å². The Labute approximate surface area is 123 Å². The molecular formula is C13H19N3O4S. The minimum Gasteiger partial charge on any atom is -0.464 e. The second kappa shape index (κ2) is 6.42. The molecule has 0 atom stereocenters. The Kier molecular flexibility index (Phi) is 4.81. The molecule has 21 heavy (non-hydrogen) atoms. The molecule has 0 aromatic carbocycles. The first-order valence-corrected chi connectivity index (χ1v) is 8.11. The molecule has 0 spiro atoms. The van der Waals surface area contributed by atoms with E-state index in [0.29, 0.717) is 30.4 Å². The van der Waals surface area contributed by atoms with Crippen molar-refractivity contribution in [2.75, 3.05) is 7.05 Å². The highest BCUT2D eigenvalue weighted by Crippen LogP contribution is 2.20. The molecule has 7 nitrogen and oxygen atoms in total. The molecule has 2 N–H and O–H groups in total. The molecule has 0 saturated carbocycles. The van der Waals surface area contributed by atoms with Gasteiger partial charge in [-0.05, 0) is 14.0 Å². The Hall–Kier alpha value is -1.64. The average Bonchev–Trinajstić information content (AvgIpc) is 3.04. The third-order valence-corrected chi connectivity index (χ3v) is 4.44. The molecule has 8 heteroatoms. The van der Waals surface area contributed by atoms with Crippen molar-refractivity contribution in [2.45, 2.75) is 38.3 Å². The molecule has 2 rings (SSSR count). The number of rotatable bonds is 7. The highest BCUT2D eigenvalue weighted by atomic mass is 32.2. The maximum absolute atomic E-state index is 12.3. The summed E-state index contributed by atoms with van der Waals surface area (Å²) in [5, 5.41) is 2.91. The van der Waals surface area contributed by atoms with Crippen LogP contribution in [0.15, 0.2) is 26.0 Å². The largest absolute Gasteiger partial charge is 0.464 e. The van der Waals surface area contributed by atoms with Gasteiger partial charge in [0, 0.05) is 12.5 Å². The Morgan fingerprint density at radius 1 is 1.24 bits per heavy atom. The van der Waals surface area contributed by atoms with Crippen LogP contribution in [-0.2, 0) is 29.5 Å². The lowest BCUT2D eigenvalue weighted by Gasteiger charge is -2.02. The van der Waals surface area contributed by atoms with E-state index in [1.54, 1.807) is 20.2 Å². The van der Waals surface area contributed by atoms with Crippen molar-refractivity contribution in [1.82, 2.24) is 15.0 Å². The van der Waals surface area contributed by atoms with E-state index in [4.69, 9.17) is 8.83 Å². The third kappa shape index (κ3) is 3.72. The Morgan fingerprint density at radius 2 is 2.00 bits per heavy atom. The molecule has 2 aromatic rings. The van der Waals surface area contributed by atoms with Gasteiger partial charge in [-0.25, -0.2) is 18.1 Å². The number of furan rings is 1. The summed E-state index contributed by atoms with van der Waals surface area (Å²) in [7, 11) is -1.89. The van der Waals surface area contributed by atoms with Crippen molar-refractivity contribution in [3.63, 3.8) is 0 Å². The van der Waals surface area contributed by atoms with Gasteiger partial charge >= 0.3 is 0 Å². The first-order chi connectivity index (χ1) is 9.96. The van der Waals surface area contributed by atoms with Crippen LogP contribution in [0.3, 0.4) is 0 Å². The van der Waals surface area contributed by atoms with Crippen molar-refractivity contribution in [1.29, 1.82) is 0 Å². The fraction of sp³-hybridized carbons (Fsp3) is 0.462. The van der Waals surface area contributed by atoms with Gasteiger partial charge in [0.1, 0.15) is 22.2 Å². The molecule has 0 amide bonds. The first-order valence-electron chi connectivity index (χ1n) is 6.63. The summed E-state index contributed by atoms with van der Waals surface area (Å²) in [5.41, 5.74) is 0. The van der Waals surface area contributed by atoms with Crippen molar-refractivity contribution in [3.8, 4) is 0 Å². The Bertz CT molecular complexity index is 703. The van der Waals surface area contributed by atoms with Crippen molar-refractivity contribution < 1.29 is 17.3 Å². The summed E-state index contributed by atoms with van der Waals surface area (Å²) in [5.74, 6) is 1.99. The van der Waals surface area contributed by atoms with Crippen molar-refractivity contribution >= 4 is 10.0 Å². The zero-order chi connectivity index (χ0) is 15.5. The van der Waals surface area contributed by atoms with Gasteiger partial charge in [-0.2, -0.15) is 0 Å². The quantitative estimate of drug-likeness (QED) is 0.800. The zero-order valence-corrected chi connectivity index (χ0v) is 13.1. The Morgan fingerprint density at radius 3 is 2.62 bits per heavy atom. The molecule has 116 valence electrons. The maximum Gasteiger partial charge on any atom is 0.244 e. The van der Waals surface area contributed by atoms with E-state index >= 15 is 0 Å². The zero-order valence-electron chi connectivity index (χ0n) is 12.3. The molecule has 2 heterocycles. The van der Waals surface area contributed by atoms with Crippen LogP contribution in [-0.4, -0.2) is 20.4 Å². The summed E-state index contributed by atoms with van der Waals surface area (Å²) in [4.78, 5) is 4.15. The van der Waals surface area contributed by atoms with Crippen LogP contribution in [0.5, 0.6) is 0 Å². The van der Waals surface area contributed by atoms with E-state index in [1.165, 1.54) is 6.07 Å². The summed E-state index contributed by atoms with van der Waals surface area (Å²) < 4.78 is 37.7. The molecule has 0 aliphatic rings. The van der Waals surface area contributed by atoms with Gasteiger partial charge in [0.05, 0.1) is 19.3 Å². The highest BCUT2D eigenvalue weighted by Gasteiger charge is 2.21. The minimum absolute atomic E-state index is 0.00825. The molecule has 2 aromatic heterocycles. The van der Waals surface area contributed by atoms with Gasteiger partial charge in [-0.15, -0.1) is 0 Å². The topological polar surface area (TPSA) is 97.4 Å². The van der Waals surface area contributed by atoms with Crippen molar-refractivity contribution in [3.05, 3.63) is 35.4 Å². The normalized spacial score (nSPS) is 12.0. The molecule has 0 aliphatic heterocycles. The molecule has 0 aliphatic carbocycles. The van der Waals surface area contributed by atoms with Gasteiger partial charge in [0.2, 0.25) is 15.9 Å². The van der Waals surface area contributed by atoms with Crippen LogP contribution in [0.2, 0.25) is 0 Å². The van der Waals surface area contributed by atoms with E-state index in [0.717, 1.165) is 5.76 Å². The van der Waals surface area contributed by atoms with E-state index < -0.39 is 10.0 Å². The summed E-state index contributed by atoms with van der Waals surface area (Å²) in [6, 6.07) is 1.52. The molecule has 0 fully saturated rings. The lowest BCUT2D eigenvalue weighted by atomic mass is 10.4. The van der Waals surface area contributed by atoms with E-state index in [1.807, 2.05) is 6.92 Å². The van der Waals surface area contributed by atoms with Crippen LogP contribution >= 0.6 is 0 Å². The number of hydrogen-bond donors (Lipinski definition) is 2. The predicted octanol–water partition coefficient (Wildman–Crippen LogP) is 1.34. The van der Waals surface area contributed by atoms with Crippen molar-refractivity contribution in [2.24, 2.45) is 0 Å². The SMILES string of the molecule is CCc1cnc(CNS(=O)(=O)c2cc(CNC)oc2C)o1. The second-order valence-corrected chi connectivity index (χ2v) is 6.30. The lowest BCUT2D eigenvalue weighted by Crippen LogP contribution is -2.23. The number of aromatic nitrogens is 1. The van der Waals surface area contributed by atoms with Crippen LogP contribution < -0.4 is 10.0 Å². The molecule has 0 radical (unpaired) electrons. The molecule has 0 bridgehead atoms. The van der Waals surface area contributed by atoms with Crippen LogP contribution in [0.4, 0.5) is 0 Å². The third-order valence-electron chi connectivity index (χ3n) is 2.93. The number of oxazole rings is 1. The number of nitrogens with zero attached hydrogens (tertiary/aromatic N) is 1. The lowest BCUT2D eigenvalue weighted by molar-refractivity contribution is 0.451. The molecule has 0 saturated heterocycles. The first kappa shape index (κ1) is 15.7. The monoisotopic (exact) mass is 313 g/mol. The summed E-state index contributed by atoms with van der Waals surface area (Å²) >= 11 is 0. The number of aryl methyl sites for hydroxylation is 2. The minimum atomic E-state index is -3.66. The number of nitrogens with one attached hydrogen (secondary N) is 2. The van der Waals surface area contributed by atoms with Gasteiger partial charge in [-0.1, -0.05) is 6.92 Å². The van der Waals surface area contributed by atoms with Crippen LogP contribution in [0.1, 0.15) is 30.1 Å². The Balaban J connectivity index is 2.10. The fourth-order valence-corrected chi connectivity index (χ4v) is 3.06. The van der Waals surface area contributed by atoms with E-state index in [2.05, 4.69) is 15.0 Å². The number of sulfonamides is 1. The second-order valence-electron chi connectivity index (χ2n) is 4.56. The maximum atomic E-state index is 12.3. The summed E-state index contributed by atoms with van der Waals surface area (Å²) in [6.45, 7) is 4.03. The van der Waals surface area contributed by atoms with Crippen LogP contribution in [0.25, 0.3) is 0 Å². The van der Waals surface area contributed by atoms with Gasteiger partial charge in [0.15, 0.2) is 0 Å². The number of hydrogen-bond acceptors (Lipinski definition) is 6.